The maximum absolute atomic E-state index is 13.8. The molecule has 41 heavy (non-hydrogen) atoms. The molecule has 2 aliphatic heterocycles. The number of benzene rings is 1. The van der Waals surface area contributed by atoms with Crippen LogP contribution in [0.1, 0.15) is 55.8 Å². The number of hydrogen-bond donors (Lipinski definition) is 2. The van der Waals surface area contributed by atoms with Crippen LogP contribution in [0.5, 0.6) is 0 Å². The molecule has 2 aliphatic rings. The molecule has 1 saturated heterocycles. The Hall–Kier alpha value is -3.80. The number of nitrogens with one attached hydrogen (secondary N) is 2. The highest BCUT2D eigenvalue weighted by Gasteiger charge is 2.34. The lowest BCUT2D eigenvalue weighted by molar-refractivity contribution is -0.138. The van der Waals surface area contributed by atoms with Crippen molar-refractivity contribution in [3.63, 3.8) is 0 Å². The molecule has 2 bridgehead atoms. The van der Waals surface area contributed by atoms with Crippen LogP contribution in [0.25, 0.3) is 17.1 Å². The molecule has 0 radical (unpaired) electrons. The molecule has 212 valence electrons. The van der Waals surface area contributed by atoms with Crippen molar-refractivity contribution in [1.82, 2.24) is 40.0 Å². The highest BCUT2D eigenvalue weighted by atomic mass is 35.5. The molecule has 3 atom stereocenters. The zero-order valence-electron chi connectivity index (χ0n) is 22.6. The van der Waals surface area contributed by atoms with Gasteiger partial charge in [-0.15, -0.1) is 5.10 Å². The van der Waals surface area contributed by atoms with Gasteiger partial charge in [0, 0.05) is 36.6 Å². The lowest BCUT2D eigenvalue weighted by atomic mass is 9.93. The van der Waals surface area contributed by atoms with E-state index >= 15 is 0 Å². The van der Waals surface area contributed by atoms with Crippen molar-refractivity contribution in [2.75, 3.05) is 12.0 Å². The number of fused-ring (bicyclic) bond motifs is 4. The molecular weight excluding hydrogens is 565 g/mol. The van der Waals surface area contributed by atoms with Crippen LogP contribution >= 0.6 is 23.2 Å². The fraction of sp³-hybridized carbons (Fsp3) is 0.357. The Morgan fingerprint density at radius 2 is 1.95 bits per heavy atom. The summed E-state index contributed by atoms with van der Waals surface area (Å²) in [5, 5.41) is 19.7. The van der Waals surface area contributed by atoms with E-state index in [0.29, 0.717) is 35.9 Å². The van der Waals surface area contributed by atoms with Crippen molar-refractivity contribution >= 4 is 40.7 Å². The molecule has 2 N–H and O–H groups in total. The summed E-state index contributed by atoms with van der Waals surface area (Å²) in [4.78, 5) is 33.2. The molecule has 11 nitrogen and oxygen atoms in total. The Labute approximate surface area is 246 Å². The second kappa shape index (κ2) is 11.2. The Morgan fingerprint density at radius 3 is 2.73 bits per heavy atom. The van der Waals surface area contributed by atoms with Gasteiger partial charge in [0.25, 0.3) is 0 Å². The SMILES string of the molecule is C[C@@H]1CCC[C@H](N2CNC(c3cc(Cl)ccc3-n3cc(Cl)nn3)CC2=O)c2ccnc(c2)-c2c(cnn2C)NC1=O. The van der Waals surface area contributed by atoms with Crippen LogP contribution in [0.15, 0.2) is 48.9 Å². The highest BCUT2D eigenvalue weighted by Crippen LogP contribution is 2.36. The van der Waals surface area contributed by atoms with Crippen LogP contribution in [0.2, 0.25) is 10.2 Å². The largest absolute Gasteiger partial charge is 0.323 e. The van der Waals surface area contributed by atoms with Crippen LogP contribution < -0.4 is 10.6 Å². The quantitative estimate of drug-likeness (QED) is 0.353. The Kier molecular flexibility index (Phi) is 7.50. The van der Waals surface area contributed by atoms with Crippen LogP contribution in [-0.4, -0.2) is 53.1 Å². The first kappa shape index (κ1) is 27.4. The molecule has 1 fully saturated rings. The third-order valence-corrected chi connectivity index (χ3v) is 8.24. The zero-order valence-corrected chi connectivity index (χ0v) is 24.1. The number of aromatic nitrogens is 6. The van der Waals surface area contributed by atoms with E-state index < -0.39 is 0 Å². The van der Waals surface area contributed by atoms with Gasteiger partial charge in [-0.3, -0.25) is 24.6 Å². The first-order valence-electron chi connectivity index (χ1n) is 13.5. The number of rotatable bonds is 3. The van der Waals surface area contributed by atoms with Crippen LogP contribution in [0.3, 0.4) is 0 Å². The Bertz CT molecular complexity index is 1620. The molecular formula is C28H29Cl2N9O2. The summed E-state index contributed by atoms with van der Waals surface area (Å²) in [7, 11) is 1.82. The molecule has 1 aromatic carbocycles. The van der Waals surface area contributed by atoms with Gasteiger partial charge in [0.15, 0.2) is 5.15 Å². The van der Waals surface area contributed by atoms with Gasteiger partial charge in [0.1, 0.15) is 5.69 Å². The first-order chi connectivity index (χ1) is 19.8. The number of amides is 2. The third kappa shape index (κ3) is 5.44. The van der Waals surface area contributed by atoms with Crippen molar-refractivity contribution in [1.29, 1.82) is 0 Å². The van der Waals surface area contributed by atoms with E-state index in [1.165, 1.54) is 0 Å². The number of pyridine rings is 1. The Balaban J connectivity index is 1.31. The molecule has 6 rings (SSSR count). The second-order valence-electron chi connectivity index (χ2n) is 10.5. The zero-order chi connectivity index (χ0) is 28.7. The molecule has 5 heterocycles. The average Bonchev–Trinajstić information content (AvgIpc) is 3.55. The second-order valence-corrected chi connectivity index (χ2v) is 11.3. The summed E-state index contributed by atoms with van der Waals surface area (Å²) in [5.41, 5.74) is 4.58. The van der Waals surface area contributed by atoms with E-state index in [1.54, 1.807) is 34.0 Å². The minimum atomic E-state index is -0.282. The number of carbonyl (C=O) groups excluding carboxylic acids is 2. The predicted octanol–water partition coefficient (Wildman–Crippen LogP) is 4.69. The van der Waals surface area contributed by atoms with Crippen molar-refractivity contribution in [2.24, 2.45) is 13.0 Å². The fourth-order valence-corrected chi connectivity index (χ4v) is 5.97. The van der Waals surface area contributed by atoms with E-state index in [0.717, 1.165) is 28.9 Å². The van der Waals surface area contributed by atoms with Gasteiger partial charge in [0.2, 0.25) is 11.8 Å². The lowest BCUT2D eigenvalue weighted by Crippen LogP contribution is -2.49. The third-order valence-electron chi connectivity index (χ3n) is 7.83. The monoisotopic (exact) mass is 593 g/mol. The molecule has 4 aromatic rings. The van der Waals surface area contributed by atoms with E-state index in [4.69, 9.17) is 23.2 Å². The van der Waals surface area contributed by atoms with E-state index in [1.807, 2.05) is 43.1 Å². The van der Waals surface area contributed by atoms with Crippen molar-refractivity contribution in [2.45, 2.75) is 44.7 Å². The molecule has 13 heteroatoms. The summed E-state index contributed by atoms with van der Waals surface area (Å²) in [5.74, 6) is -0.239. The molecule has 2 amide bonds. The van der Waals surface area contributed by atoms with E-state index in [-0.39, 0.29) is 41.4 Å². The number of halogens is 2. The summed E-state index contributed by atoms with van der Waals surface area (Å²) < 4.78 is 3.29. The van der Waals surface area contributed by atoms with Crippen LogP contribution in [0.4, 0.5) is 5.69 Å². The van der Waals surface area contributed by atoms with Crippen LogP contribution in [0, 0.1) is 5.92 Å². The topological polar surface area (TPSA) is 123 Å². The molecule has 0 aliphatic carbocycles. The lowest BCUT2D eigenvalue weighted by Gasteiger charge is -2.39. The van der Waals surface area contributed by atoms with Gasteiger partial charge in [-0.2, -0.15) is 5.10 Å². The molecule has 0 saturated carbocycles. The minimum Gasteiger partial charge on any atom is -0.323 e. The maximum atomic E-state index is 13.8. The van der Waals surface area contributed by atoms with Gasteiger partial charge >= 0.3 is 0 Å². The average molecular weight is 595 g/mol. The summed E-state index contributed by atoms with van der Waals surface area (Å²) >= 11 is 12.4. The van der Waals surface area contributed by atoms with Gasteiger partial charge in [-0.05, 0) is 54.3 Å². The number of carbonyl (C=O) groups is 2. The first-order valence-corrected chi connectivity index (χ1v) is 14.2. The fourth-order valence-electron chi connectivity index (χ4n) is 5.66. The summed E-state index contributed by atoms with van der Waals surface area (Å²) in [6.45, 7) is 2.26. The van der Waals surface area contributed by atoms with Gasteiger partial charge in [-0.25, -0.2) is 4.68 Å². The molecule has 0 spiro atoms. The van der Waals surface area contributed by atoms with E-state index in [9.17, 15) is 9.59 Å². The number of hydrogen-bond acceptors (Lipinski definition) is 7. The highest BCUT2D eigenvalue weighted by molar-refractivity contribution is 6.30. The maximum Gasteiger partial charge on any atom is 0.227 e. The van der Waals surface area contributed by atoms with Gasteiger partial charge in [-0.1, -0.05) is 41.8 Å². The normalized spacial score (nSPS) is 21.6. The number of nitrogens with zero attached hydrogens (tertiary/aromatic N) is 7. The van der Waals surface area contributed by atoms with Gasteiger partial charge < -0.3 is 10.2 Å². The minimum absolute atomic E-state index is 0.0127. The van der Waals surface area contributed by atoms with Gasteiger partial charge in [0.05, 0.1) is 42.2 Å². The number of aryl methyl sites for hydroxylation is 1. The Morgan fingerprint density at radius 1 is 1.10 bits per heavy atom. The predicted molar refractivity (Wildman–Crippen MR) is 154 cm³/mol. The van der Waals surface area contributed by atoms with Crippen molar-refractivity contribution in [3.8, 4) is 17.1 Å². The van der Waals surface area contributed by atoms with Crippen LogP contribution in [-0.2, 0) is 16.6 Å². The molecule has 3 aromatic heterocycles. The standard InChI is InChI=1S/C28H29Cl2N9O2/c1-16-4-3-5-23(17-8-9-31-21(10-17)27-22(34-28(16)41)13-33-37(27)2)38-15-32-20(12-26(38)40)19-11-18(29)6-7-24(19)39-14-25(30)35-36-39/h6-11,13-14,16,20,23,32H,3-5,12,15H2,1-2H3,(H,34,41)/t16-,20?,23+/m1/s1. The number of anilines is 1. The van der Waals surface area contributed by atoms with Crippen molar-refractivity contribution < 1.29 is 9.59 Å². The molecule has 1 unspecified atom stereocenters. The smallest absolute Gasteiger partial charge is 0.227 e. The summed E-state index contributed by atoms with van der Waals surface area (Å²) in [6, 6.07) is 8.93. The van der Waals surface area contributed by atoms with E-state index in [2.05, 4.69) is 31.0 Å². The van der Waals surface area contributed by atoms with Crippen molar-refractivity contribution in [3.05, 3.63) is 70.2 Å². The summed E-state index contributed by atoms with van der Waals surface area (Å²) in [6.07, 6.45) is 7.41.